The van der Waals surface area contributed by atoms with Crippen molar-refractivity contribution in [1.29, 1.82) is 0 Å². The molecule has 0 saturated carbocycles. The summed E-state index contributed by atoms with van der Waals surface area (Å²) in [5.41, 5.74) is 3.55. The van der Waals surface area contributed by atoms with Gasteiger partial charge in [0.05, 0.1) is 0 Å². The SMILES string of the molecule is CC(=CCN1CCC(C)CC1)c1ccc(-c2ccc(F)cc2F)cc1. The lowest BCUT2D eigenvalue weighted by molar-refractivity contribution is 0.210. The van der Waals surface area contributed by atoms with Gasteiger partial charge < -0.3 is 0 Å². The molecule has 1 aliphatic heterocycles. The molecule has 2 aromatic rings. The highest BCUT2D eigenvalue weighted by Crippen LogP contribution is 2.25. The van der Waals surface area contributed by atoms with E-state index < -0.39 is 11.6 Å². The van der Waals surface area contributed by atoms with Gasteiger partial charge in [-0.25, -0.2) is 8.78 Å². The molecule has 1 fully saturated rings. The molecule has 2 aromatic carbocycles. The fraction of sp³-hybridized carbons (Fsp3) is 0.364. The zero-order valence-electron chi connectivity index (χ0n) is 14.9. The Bertz CT molecular complexity index is 741. The molecule has 132 valence electrons. The van der Waals surface area contributed by atoms with E-state index in [4.69, 9.17) is 0 Å². The Hall–Kier alpha value is -2.00. The van der Waals surface area contributed by atoms with E-state index in [-0.39, 0.29) is 0 Å². The van der Waals surface area contributed by atoms with Gasteiger partial charge in [-0.3, -0.25) is 4.90 Å². The summed E-state index contributed by atoms with van der Waals surface area (Å²) >= 11 is 0. The van der Waals surface area contributed by atoms with Crippen LogP contribution in [0.25, 0.3) is 16.7 Å². The third kappa shape index (κ3) is 4.55. The van der Waals surface area contributed by atoms with Crippen LogP contribution in [0.15, 0.2) is 48.5 Å². The second-order valence-electron chi connectivity index (χ2n) is 7.07. The number of piperidine rings is 1. The molecule has 0 atom stereocenters. The van der Waals surface area contributed by atoms with Crippen molar-refractivity contribution in [2.45, 2.75) is 26.7 Å². The summed E-state index contributed by atoms with van der Waals surface area (Å²) in [5.74, 6) is -0.233. The maximum Gasteiger partial charge on any atom is 0.133 e. The molecule has 1 heterocycles. The van der Waals surface area contributed by atoms with Crippen LogP contribution in [0.1, 0.15) is 32.3 Å². The number of hydrogen-bond donors (Lipinski definition) is 0. The highest BCUT2D eigenvalue weighted by Gasteiger charge is 2.14. The van der Waals surface area contributed by atoms with Crippen LogP contribution in [-0.4, -0.2) is 24.5 Å². The normalized spacial score (nSPS) is 17.0. The van der Waals surface area contributed by atoms with Crippen molar-refractivity contribution >= 4 is 5.57 Å². The Morgan fingerprint density at radius 2 is 1.76 bits per heavy atom. The molecule has 0 aromatic heterocycles. The summed E-state index contributed by atoms with van der Waals surface area (Å²) in [6.07, 6.45) is 4.83. The highest BCUT2D eigenvalue weighted by molar-refractivity contribution is 5.70. The lowest BCUT2D eigenvalue weighted by atomic mass is 9.98. The lowest BCUT2D eigenvalue weighted by Crippen LogP contribution is -2.32. The largest absolute Gasteiger partial charge is 0.300 e. The fourth-order valence-electron chi connectivity index (χ4n) is 3.26. The summed E-state index contributed by atoms with van der Waals surface area (Å²) < 4.78 is 26.9. The quantitative estimate of drug-likeness (QED) is 0.682. The summed E-state index contributed by atoms with van der Waals surface area (Å²) in [7, 11) is 0. The maximum absolute atomic E-state index is 13.9. The number of halogens is 2. The lowest BCUT2D eigenvalue weighted by Gasteiger charge is -2.29. The minimum atomic E-state index is -0.552. The van der Waals surface area contributed by atoms with Gasteiger partial charge in [-0.05, 0) is 67.6 Å². The van der Waals surface area contributed by atoms with Gasteiger partial charge in [0.2, 0.25) is 0 Å². The van der Waals surface area contributed by atoms with Gasteiger partial charge in [-0.1, -0.05) is 37.3 Å². The van der Waals surface area contributed by atoms with Crippen molar-refractivity contribution in [2.75, 3.05) is 19.6 Å². The third-order valence-corrected chi connectivity index (χ3v) is 5.11. The molecular weight excluding hydrogens is 316 g/mol. The Kier molecular flexibility index (Phi) is 5.64. The molecule has 3 heteroatoms. The number of nitrogens with zero attached hydrogens (tertiary/aromatic N) is 1. The van der Waals surface area contributed by atoms with E-state index in [1.54, 1.807) is 0 Å². The average Bonchev–Trinajstić information content (AvgIpc) is 2.61. The van der Waals surface area contributed by atoms with Crippen molar-refractivity contribution in [3.05, 3.63) is 65.7 Å². The summed E-state index contributed by atoms with van der Waals surface area (Å²) in [5, 5.41) is 0. The number of rotatable bonds is 4. The first kappa shape index (κ1) is 17.8. The maximum atomic E-state index is 13.9. The highest BCUT2D eigenvalue weighted by atomic mass is 19.1. The van der Waals surface area contributed by atoms with Crippen LogP contribution in [0.5, 0.6) is 0 Å². The number of likely N-dealkylation sites (tertiary alicyclic amines) is 1. The Labute approximate surface area is 149 Å². The predicted octanol–water partition coefficient (Wildman–Crippen LogP) is 5.77. The van der Waals surface area contributed by atoms with E-state index in [1.165, 1.54) is 43.6 Å². The zero-order chi connectivity index (χ0) is 17.8. The molecule has 1 aliphatic rings. The Morgan fingerprint density at radius 1 is 1.08 bits per heavy atom. The van der Waals surface area contributed by atoms with Crippen LogP contribution >= 0.6 is 0 Å². The van der Waals surface area contributed by atoms with E-state index >= 15 is 0 Å². The average molecular weight is 341 g/mol. The molecule has 0 radical (unpaired) electrons. The van der Waals surface area contributed by atoms with E-state index in [0.29, 0.717) is 5.56 Å². The van der Waals surface area contributed by atoms with E-state index in [2.05, 4.69) is 24.8 Å². The van der Waals surface area contributed by atoms with Crippen molar-refractivity contribution in [1.82, 2.24) is 4.90 Å². The molecule has 1 saturated heterocycles. The second kappa shape index (κ2) is 7.92. The van der Waals surface area contributed by atoms with E-state index in [0.717, 1.165) is 29.7 Å². The first-order chi connectivity index (χ1) is 12.0. The van der Waals surface area contributed by atoms with Crippen molar-refractivity contribution in [3.63, 3.8) is 0 Å². The minimum Gasteiger partial charge on any atom is -0.300 e. The third-order valence-electron chi connectivity index (χ3n) is 5.11. The van der Waals surface area contributed by atoms with Gasteiger partial charge >= 0.3 is 0 Å². The molecule has 0 bridgehead atoms. The second-order valence-corrected chi connectivity index (χ2v) is 7.07. The van der Waals surface area contributed by atoms with Crippen molar-refractivity contribution in [3.8, 4) is 11.1 Å². The fourth-order valence-corrected chi connectivity index (χ4v) is 3.26. The Balaban J connectivity index is 1.68. The van der Waals surface area contributed by atoms with Crippen LogP contribution in [0.3, 0.4) is 0 Å². The molecular formula is C22H25F2N. The van der Waals surface area contributed by atoms with Gasteiger partial charge in [0.1, 0.15) is 11.6 Å². The Morgan fingerprint density at radius 3 is 2.40 bits per heavy atom. The van der Waals surface area contributed by atoms with Gasteiger partial charge in [0.25, 0.3) is 0 Å². The van der Waals surface area contributed by atoms with Gasteiger partial charge in [-0.2, -0.15) is 0 Å². The summed E-state index contributed by atoms with van der Waals surface area (Å²) in [4.78, 5) is 2.49. The zero-order valence-corrected chi connectivity index (χ0v) is 14.9. The first-order valence-electron chi connectivity index (χ1n) is 8.98. The van der Waals surface area contributed by atoms with Crippen LogP contribution in [-0.2, 0) is 0 Å². The summed E-state index contributed by atoms with van der Waals surface area (Å²) in [6.45, 7) is 7.76. The topological polar surface area (TPSA) is 3.24 Å². The van der Waals surface area contributed by atoms with Crippen LogP contribution < -0.4 is 0 Å². The molecule has 0 aliphatic carbocycles. The predicted molar refractivity (Wildman–Crippen MR) is 100 cm³/mol. The molecule has 1 nitrogen and oxygen atoms in total. The molecule has 0 spiro atoms. The first-order valence-corrected chi connectivity index (χ1v) is 8.98. The van der Waals surface area contributed by atoms with Crippen LogP contribution in [0.4, 0.5) is 8.78 Å². The molecule has 0 N–H and O–H groups in total. The monoisotopic (exact) mass is 341 g/mol. The molecule has 0 unspecified atom stereocenters. The van der Waals surface area contributed by atoms with Crippen LogP contribution in [0, 0.1) is 17.6 Å². The van der Waals surface area contributed by atoms with Crippen LogP contribution in [0.2, 0.25) is 0 Å². The van der Waals surface area contributed by atoms with E-state index in [1.807, 2.05) is 24.3 Å². The standard InChI is InChI=1S/C22H25F2N/c1-16-9-12-25(13-10-16)14-11-17(2)18-3-5-19(6-4-18)21-8-7-20(23)15-22(21)24/h3-8,11,15-16H,9-10,12-14H2,1-2H3. The molecule has 25 heavy (non-hydrogen) atoms. The summed E-state index contributed by atoms with van der Waals surface area (Å²) in [6, 6.07) is 11.5. The van der Waals surface area contributed by atoms with E-state index in [9.17, 15) is 8.78 Å². The van der Waals surface area contributed by atoms with Crippen molar-refractivity contribution in [2.24, 2.45) is 5.92 Å². The number of benzene rings is 2. The number of hydrogen-bond acceptors (Lipinski definition) is 1. The minimum absolute atomic E-state index is 0.428. The molecule has 0 amide bonds. The molecule has 3 rings (SSSR count). The number of allylic oxidation sites excluding steroid dienone is 1. The van der Waals surface area contributed by atoms with Gasteiger partial charge in [-0.15, -0.1) is 0 Å². The van der Waals surface area contributed by atoms with Crippen molar-refractivity contribution < 1.29 is 8.78 Å². The smallest absolute Gasteiger partial charge is 0.133 e. The van der Waals surface area contributed by atoms with Gasteiger partial charge in [0, 0.05) is 18.2 Å². The van der Waals surface area contributed by atoms with Gasteiger partial charge in [0.15, 0.2) is 0 Å².